The van der Waals surface area contributed by atoms with Crippen LogP contribution in [0.4, 0.5) is 0 Å². The van der Waals surface area contributed by atoms with Crippen molar-refractivity contribution >= 4 is 27.7 Å². The van der Waals surface area contributed by atoms with Crippen molar-refractivity contribution in [1.82, 2.24) is 9.62 Å². The molecule has 9 heteroatoms. The molecule has 1 amide bonds. The Bertz CT molecular complexity index is 787. The van der Waals surface area contributed by atoms with E-state index in [4.69, 9.17) is 4.74 Å². The number of hydrogen-bond donors (Lipinski definition) is 1. The highest BCUT2D eigenvalue weighted by Gasteiger charge is 2.25. The van der Waals surface area contributed by atoms with E-state index in [1.807, 2.05) is 13.8 Å². The van der Waals surface area contributed by atoms with Gasteiger partial charge in [-0.2, -0.15) is 4.31 Å². The van der Waals surface area contributed by atoms with Crippen LogP contribution in [0.5, 0.6) is 0 Å². The Balaban J connectivity index is 2.70. The van der Waals surface area contributed by atoms with Crippen LogP contribution >= 0.6 is 0 Å². The number of ether oxygens (including phenoxy) is 1. The largest absolute Gasteiger partial charge is 0.452 e. The number of carbonyl (C=O) groups excluding carboxylic acids is 3. The van der Waals surface area contributed by atoms with Crippen molar-refractivity contribution in [2.75, 3.05) is 20.1 Å². The standard InChI is InChI=1S/C18H26N2O6S/c1-12(2)10-19-18(23)14(4)26-17(22)11-20(5)27(24,25)16-8-6-15(7-9-16)13(3)21/h6-9,12,14H,10-11H2,1-5H3,(H,19,23). The molecule has 1 N–H and O–H groups in total. The number of hydrogen-bond acceptors (Lipinski definition) is 6. The van der Waals surface area contributed by atoms with E-state index in [-0.39, 0.29) is 16.6 Å². The van der Waals surface area contributed by atoms with Crippen molar-refractivity contribution < 1.29 is 27.5 Å². The lowest BCUT2D eigenvalue weighted by Gasteiger charge is -2.19. The molecule has 0 aliphatic heterocycles. The van der Waals surface area contributed by atoms with E-state index in [1.165, 1.54) is 45.2 Å². The summed E-state index contributed by atoms with van der Waals surface area (Å²) in [5.74, 6) is -1.21. The second-order valence-electron chi connectivity index (χ2n) is 6.61. The van der Waals surface area contributed by atoms with Gasteiger partial charge in [0, 0.05) is 19.2 Å². The fourth-order valence-electron chi connectivity index (χ4n) is 2.04. The van der Waals surface area contributed by atoms with Gasteiger partial charge in [-0.25, -0.2) is 8.42 Å². The molecule has 1 unspecified atom stereocenters. The third-order valence-corrected chi connectivity index (χ3v) is 5.50. The van der Waals surface area contributed by atoms with Crippen molar-refractivity contribution in [2.24, 2.45) is 5.92 Å². The van der Waals surface area contributed by atoms with E-state index in [0.717, 1.165) is 4.31 Å². The maximum atomic E-state index is 12.5. The third kappa shape index (κ3) is 6.76. The number of sulfonamides is 1. The molecule has 150 valence electrons. The van der Waals surface area contributed by atoms with E-state index in [9.17, 15) is 22.8 Å². The summed E-state index contributed by atoms with van der Waals surface area (Å²) >= 11 is 0. The maximum absolute atomic E-state index is 12.5. The van der Waals surface area contributed by atoms with Gasteiger partial charge in [-0.05, 0) is 31.9 Å². The van der Waals surface area contributed by atoms with Gasteiger partial charge in [0.05, 0.1) is 4.90 Å². The minimum Gasteiger partial charge on any atom is -0.452 e. The Kier molecular flexibility index (Phi) is 8.11. The van der Waals surface area contributed by atoms with Crippen LogP contribution < -0.4 is 5.32 Å². The second kappa shape index (κ2) is 9.61. The monoisotopic (exact) mass is 398 g/mol. The van der Waals surface area contributed by atoms with Gasteiger partial charge in [-0.3, -0.25) is 14.4 Å². The first-order chi connectivity index (χ1) is 12.4. The Morgan fingerprint density at radius 1 is 1.11 bits per heavy atom. The molecular weight excluding hydrogens is 372 g/mol. The summed E-state index contributed by atoms with van der Waals surface area (Å²) in [5, 5.41) is 2.64. The van der Waals surface area contributed by atoms with Crippen LogP contribution in [0.1, 0.15) is 38.1 Å². The first-order valence-corrected chi connectivity index (χ1v) is 9.93. The number of likely N-dealkylation sites (N-methyl/N-ethyl adjacent to an activating group) is 1. The highest BCUT2D eigenvalue weighted by Crippen LogP contribution is 2.15. The lowest BCUT2D eigenvalue weighted by Crippen LogP contribution is -2.40. The zero-order valence-corrected chi connectivity index (χ0v) is 17.0. The zero-order chi connectivity index (χ0) is 20.8. The van der Waals surface area contributed by atoms with Gasteiger partial charge >= 0.3 is 5.97 Å². The molecule has 0 heterocycles. The minimum absolute atomic E-state index is 0.0504. The minimum atomic E-state index is -3.93. The predicted octanol–water partition coefficient (Wildman–Crippen LogP) is 1.21. The average Bonchev–Trinajstić information content (AvgIpc) is 2.59. The van der Waals surface area contributed by atoms with Gasteiger partial charge in [0.2, 0.25) is 10.0 Å². The van der Waals surface area contributed by atoms with Crippen molar-refractivity contribution in [1.29, 1.82) is 0 Å². The molecular formula is C18H26N2O6S. The summed E-state index contributed by atoms with van der Waals surface area (Å²) < 4.78 is 30.8. The SMILES string of the molecule is CC(=O)c1ccc(S(=O)(=O)N(C)CC(=O)OC(C)C(=O)NCC(C)C)cc1. The molecule has 0 radical (unpaired) electrons. The number of amides is 1. The van der Waals surface area contributed by atoms with Gasteiger partial charge in [0.15, 0.2) is 11.9 Å². The topological polar surface area (TPSA) is 110 Å². The Hall–Kier alpha value is -2.26. The first kappa shape index (κ1) is 22.8. The number of carbonyl (C=O) groups is 3. The van der Waals surface area contributed by atoms with E-state index in [2.05, 4.69) is 5.32 Å². The fourth-order valence-corrected chi connectivity index (χ4v) is 3.16. The van der Waals surface area contributed by atoms with Gasteiger partial charge in [0.25, 0.3) is 5.91 Å². The normalized spacial score (nSPS) is 12.7. The Morgan fingerprint density at radius 3 is 2.15 bits per heavy atom. The lowest BCUT2D eigenvalue weighted by molar-refractivity contribution is -0.154. The van der Waals surface area contributed by atoms with E-state index in [1.54, 1.807) is 0 Å². The molecule has 8 nitrogen and oxygen atoms in total. The summed E-state index contributed by atoms with van der Waals surface area (Å²) in [7, 11) is -2.70. The molecule has 1 rings (SSSR count). The molecule has 1 aromatic rings. The van der Waals surface area contributed by atoms with Crippen LogP contribution in [0.15, 0.2) is 29.2 Å². The third-order valence-electron chi connectivity index (χ3n) is 3.68. The quantitative estimate of drug-likeness (QED) is 0.495. The Morgan fingerprint density at radius 2 is 1.67 bits per heavy atom. The summed E-state index contributed by atoms with van der Waals surface area (Å²) in [4.78, 5) is 35.0. The molecule has 0 spiro atoms. The smallest absolute Gasteiger partial charge is 0.322 e. The Labute approximate surface area is 159 Å². The summed E-state index contributed by atoms with van der Waals surface area (Å²) in [6, 6.07) is 5.41. The van der Waals surface area contributed by atoms with Gasteiger partial charge in [-0.15, -0.1) is 0 Å². The average molecular weight is 398 g/mol. The fraction of sp³-hybridized carbons (Fsp3) is 0.500. The molecule has 0 saturated carbocycles. The van der Waals surface area contributed by atoms with Crippen LogP contribution in [0.3, 0.4) is 0 Å². The predicted molar refractivity (Wildman–Crippen MR) is 99.7 cm³/mol. The molecule has 1 atom stereocenters. The highest BCUT2D eigenvalue weighted by molar-refractivity contribution is 7.89. The number of nitrogens with zero attached hydrogens (tertiary/aromatic N) is 1. The summed E-state index contributed by atoms with van der Waals surface area (Å²) in [6.45, 7) is 6.57. The molecule has 0 fully saturated rings. The van der Waals surface area contributed by atoms with Crippen LogP contribution in [0.25, 0.3) is 0 Å². The molecule has 0 bridgehead atoms. The van der Waals surface area contributed by atoms with Crippen molar-refractivity contribution in [3.8, 4) is 0 Å². The summed E-state index contributed by atoms with van der Waals surface area (Å²) in [5.41, 5.74) is 0.386. The van der Waals surface area contributed by atoms with Crippen LogP contribution in [-0.2, 0) is 24.3 Å². The molecule has 0 aliphatic rings. The number of benzene rings is 1. The van der Waals surface area contributed by atoms with E-state index < -0.39 is 34.5 Å². The lowest BCUT2D eigenvalue weighted by atomic mass is 10.2. The number of Topliss-reactive ketones (excluding diaryl/α,β-unsaturated/α-hetero) is 1. The van der Waals surface area contributed by atoms with Crippen molar-refractivity contribution in [3.63, 3.8) is 0 Å². The van der Waals surface area contributed by atoms with Crippen molar-refractivity contribution in [2.45, 2.75) is 38.7 Å². The first-order valence-electron chi connectivity index (χ1n) is 8.49. The molecule has 0 aliphatic carbocycles. The number of ketones is 1. The van der Waals surface area contributed by atoms with Crippen LogP contribution in [0, 0.1) is 5.92 Å². The summed E-state index contributed by atoms with van der Waals surface area (Å²) in [6.07, 6.45) is -1.03. The number of esters is 1. The van der Waals surface area contributed by atoms with Gasteiger partial charge in [0.1, 0.15) is 6.54 Å². The molecule has 0 saturated heterocycles. The van der Waals surface area contributed by atoms with E-state index in [0.29, 0.717) is 12.1 Å². The maximum Gasteiger partial charge on any atom is 0.322 e. The van der Waals surface area contributed by atoms with Gasteiger partial charge < -0.3 is 10.1 Å². The number of nitrogens with one attached hydrogen (secondary N) is 1. The van der Waals surface area contributed by atoms with Crippen molar-refractivity contribution in [3.05, 3.63) is 29.8 Å². The zero-order valence-electron chi connectivity index (χ0n) is 16.2. The molecule has 0 aromatic heterocycles. The van der Waals surface area contributed by atoms with E-state index >= 15 is 0 Å². The van der Waals surface area contributed by atoms with Gasteiger partial charge in [-0.1, -0.05) is 26.0 Å². The highest BCUT2D eigenvalue weighted by atomic mass is 32.2. The number of rotatable bonds is 9. The molecule has 27 heavy (non-hydrogen) atoms. The second-order valence-corrected chi connectivity index (χ2v) is 8.66. The molecule has 1 aromatic carbocycles. The van der Waals surface area contributed by atoms with Crippen LogP contribution in [-0.4, -0.2) is 56.6 Å². The van der Waals surface area contributed by atoms with Crippen LogP contribution in [0.2, 0.25) is 0 Å².